The molecular formula is C23H26N2O3. The van der Waals surface area contributed by atoms with Gasteiger partial charge in [-0.2, -0.15) is 0 Å². The van der Waals surface area contributed by atoms with E-state index in [-0.39, 0.29) is 18.1 Å². The summed E-state index contributed by atoms with van der Waals surface area (Å²) < 4.78 is 10.8. The predicted octanol–water partition coefficient (Wildman–Crippen LogP) is 3.66. The van der Waals surface area contributed by atoms with Gasteiger partial charge in [-0.25, -0.2) is 0 Å². The minimum atomic E-state index is -0.171. The molecule has 0 unspecified atom stereocenters. The molecule has 2 aromatic rings. The summed E-state index contributed by atoms with van der Waals surface area (Å²) in [5.74, 6) is 1.75. The first kappa shape index (κ1) is 17.6. The maximum absolute atomic E-state index is 13.0. The number of rotatable bonds is 3. The fourth-order valence-electron chi connectivity index (χ4n) is 4.57. The van der Waals surface area contributed by atoms with Crippen LogP contribution in [0.4, 0.5) is 5.69 Å². The number of carbonyl (C=O) groups excluding carboxylic acids is 1. The summed E-state index contributed by atoms with van der Waals surface area (Å²) in [5, 5.41) is 0. The van der Waals surface area contributed by atoms with Crippen LogP contribution in [-0.2, 0) is 11.3 Å². The molecule has 2 aromatic carbocycles. The number of fused-ring (bicyclic) bond motifs is 1. The number of β-lactam (4-membered cyclic amide) rings is 1. The van der Waals surface area contributed by atoms with Gasteiger partial charge in [-0.3, -0.25) is 9.69 Å². The van der Waals surface area contributed by atoms with E-state index in [9.17, 15) is 4.79 Å². The van der Waals surface area contributed by atoms with Crippen LogP contribution in [0.15, 0.2) is 36.4 Å². The standard InChI is InChI=1S/C23H26N2O3/c1-16-3-4-18(11-17(16)2)13-24-9-7-23(8-10-24)14-25(22(23)26)19-5-6-20-21(12-19)28-15-27-20/h3-6,11-12H,7-10,13-15H2,1-2H3. The van der Waals surface area contributed by atoms with Gasteiger partial charge in [0.25, 0.3) is 0 Å². The lowest BCUT2D eigenvalue weighted by atomic mass is 9.70. The summed E-state index contributed by atoms with van der Waals surface area (Å²) in [6.45, 7) is 8.31. The number of hydrogen-bond donors (Lipinski definition) is 0. The van der Waals surface area contributed by atoms with Crippen LogP contribution in [0.1, 0.15) is 29.5 Å². The molecule has 0 atom stereocenters. The van der Waals surface area contributed by atoms with E-state index in [1.807, 2.05) is 23.1 Å². The molecule has 0 aliphatic carbocycles. The van der Waals surface area contributed by atoms with Crippen molar-refractivity contribution in [1.82, 2.24) is 4.90 Å². The van der Waals surface area contributed by atoms with E-state index in [0.29, 0.717) is 0 Å². The Kier molecular flexibility index (Phi) is 4.09. The average Bonchev–Trinajstić information content (AvgIpc) is 3.17. The summed E-state index contributed by atoms with van der Waals surface area (Å²) in [6, 6.07) is 12.5. The maximum atomic E-state index is 13.0. The molecule has 5 rings (SSSR count). The first-order valence-corrected chi connectivity index (χ1v) is 10.0. The second-order valence-electron chi connectivity index (χ2n) is 8.40. The number of amides is 1. The summed E-state index contributed by atoms with van der Waals surface area (Å²) >= 11 is 0. The Morgan fingerprint density at radius 2 is 1.75 bits per heavy atom. The van der Waals surface area contributed by atoms with Crippen LogP contribution in [0.5, 0.6) is 11.5 Å². The van der Waals surface area contributed by atoms with Crippen molar-refractivity contribution in [2.75, 3.05) is 31.3 Å². The van der Waals surface area contributed by atoms with Crippen molar-refractivity contribution < 1.29 is 14.3 Å². The molecule has 0 saturated carbocycles. The van der Waals surface area contributed by atoms with Gasteiger partial charge in [0.15, 0.2) is 11.5 Å². The van der Waals surface area contributed by atoms with Crippen LogP contribution >= 0.6 is 0 Å². The monoisotopic (exact) mass is 378 g/mol. The Morgan fingerprint density at radius 1 is 0.964 bits per heavy atom. The molecule has 146 valence electrons. The Balaban J connectivity index is 1.21. The van der Waals surface area contributed by atoms with Crippen molar-refractivity contribution in [1.29, 1.82) is 0 Å². The third-order valence-corrected chi connectivity index (χ3v) is 6.62. The highest BCUT2D eigenvalue weighted by Gasteiger charge is 2.53. The van der Waals surface area contributed by atoms with Crippen molar-refractivity contribution in [2.45, 2.75) is 33.2 Å². The minimum Gasteiger partial charge on any atom is -0.454 e. The largest absolute Gasteiger partial charge is 0.454 e. The van der Waals surface area contributed by atoms with Gasteiger partial charge in [-0.1, -0.05) is 18.2 Å². The van der Waals surface area contributed by atoms with Gasteiger partial charge in [-0.15, -0.1) is 0 Å². The zero-order valence-corrected chi connectivity index (χ0v) is 16.5. The fraction of sp³-hybridized carbons (Fsp3) is 0.435. The number of piperidine rings is 1. The van der Waals surface area contributed by atoms with E-state index in [4.69, 9.17) is 9.47 Å². The lowest BCUT2D eigenvalue weighted by Crippen LogP contribution is -2.64. The molecule has 2 fully saturated rings. The van der Waals surface area contributed by atoms with Crippen LogP contribution in [-0.4, -0.2) is 37.2 Å². The number of aryl methyl sites for hydroxylation is 2. The third-order valence-electron chi connectivity index (χ3n) is 6.62. The lowest BCUT2D eigenvalue weighted by molar-refractivity contribution is -0.138. The van der Waals surface area contributed by atoms with Crippen LogP contribution in [0.2, 0.25) is 0 Å². The second-order valence-corrected chi connectivity index (χ2v) is 8.40. The smallest absolute Gasteiger partial charge is 0.235 e. The Morgan fingerprint density at radius 3 is 2.50 bits per heavy atom. The van der Waals surface area contributed by atoms with Crippen LogP contribution in [0, 0.1) is 19.3 Å². The first-order valence-electron chi connectivity index (χ1n) is 10.0. The van der Waals surface area contributed by atoms with Crippen molar-refractivity contribution in [3.8, 4) is 11.5 Å². The average molecular weight is 378 g/mol. The molecule has 1 spiro atoms. The third kappa shape index (κ3) is 2.85. The maximum Gasteiger partial charge on any atom is 0.235 e. The van der Waals surface area contributed by atoms with Gasteiger partial charge in [0.05, 0.1) is 5.41 Å². The van der Waals surface area contributed by atoms with Crippen LogP contribution in [0.25, 0.3) is 0 Å². The Bertz CT molecular complexity index is 931. The van der Waals surface area contributed by atoms with Gasteiger partial charge in [0, 0.05) is 24.8 Å². The molecule has 0 aromatic heterocycles. The molecule has 3 heterocycles. The van der Waals surface area contributed by atoms with Gasteiger partial charge in [0.2, 0.25) is 12.7 Å². The Hall–Kier alpha value is -2.53. The molecule has 28 heavy (non-hydrogen) atoms. The fourth-order valence-corrected chi connectivity index (χ4v) is 4.57. The van der Waals surface area contributed by atoms with Gasteiger partial charge >= 0.3 is 0 Å². The van der Waals surface area contributed by atoms with Gasteiger partial charge in [-0.05, 0) is 68.6 Å². The number of carbonyl (C=O) groups is 1. The first-order chi connectivity index (χ1) is 13.5. The SMILES string of the molecule is Cc1ccc(CN2CCC3(CC2)CN(c2ccc4c(c2)OCO4)C3=O)cc1C. The highest BCUT2D eigenvalue weighted by Crippen LogP contribution is 2.46. The predicted molar refractivity (Wildman–Crippen MR) is 108 cm³/mol. The number of likely N-dealkylation sites (tertiary alicyclic amines) is 1. The van der Waals surface area contributed by atoms with E-state index < -0.39 is 0 Å². The molecule has 0 N–H and O–H groups in total. The normalized spacial score (nSPS) is 20.5. The van der Waals surface area contributed by atoms with Crippen LogP contribution in [0.3, 0.4) is 0 Å². The molecular weight excluding hydrogens is 352 g/mol. The molecule has 0 bridgehead atoms. The van der Waals surface area contributed by atoms with Gasteiger partial charge in [0.1, 0.15) is 0 Å². The van der Waals surface area contributed by atoms with E-state index in [0.717, 1.165) is 56.2 Å². The minimum absolute atomic E-state index is 0.171. The lowest BCUT2D eigenvalue weighted by Gasteiger charge is -2.52. The van der Waals surface area contributed by atoms with E-state index >= 15 is 0 Å². The molecule has 2 saturated heterocycles. The summed E-state index contributed by atoms with van der Waals surface area (Å²) in [5.41, 5.74) is 4.79. The van der Waals surface area contributed by atoms with E-state index in [2.05, 4.69) is 36.9 Å². The zero-order chi connectivity index (χ0) is 19.3. The highest BCUT2D eigenvalue weighted by molar-refractivity contribution is 6.04. The Labute approximate surface area is 165 Å². The zero-order valence-electron chi connectivity index (χ0n) is 16.5. The molecule has 5 heteroatoms. The van der Waals surface area contributed by atoms with Crippen molar-refractivity contribution in [2.24, 2.45) is 5.41 Å². The molecule has 0 radical (unpaired) electrons. The molecule has 1 amide bonds. The topological polar surface area (TPSA) is 42.0 Å². The summed E-state index contributed by atoms with van der Waals surface area (Å²) in [4.78, 5) is 17.4. The molecule has 3 aliphatic heterocycles. The number of ether oxygens (including phenoxy) is 2. The van der Waals surface area contributed by atoms with E-state index in [1.165, 1.54) is 16.7 Å². The van der Waals surface area contributed by atoms with E-state index in [1.54, 1.807) is 0 Å². The molecule has 3 aliphatic rings. The summed E-state index contributed by atoms with van der Waals surface area (Å²) in [7, 11) is 0. The van der Waals surface area contributed by atoms with Crippen molar-refractivity contribution in [3.63, 3.8) is 0 Å². The number of benzene rings is 2. The number of hydrogen-bond acceptors (Lipinski definition) is 4. The number of anilines is 1. The second kappa shape index (κ2) is 6.52. The molecule has 5 nitrogen and oxygen atoms in total. The number of nitrogens with zero attached hydrogens (tertiary/aromatic N) is 2. The van der Waals surface area contributed by atoms with Crippen LogP contribution < -0.4 is 14.4 Å². The highest BCUT2D eigenvalue weighted by atomic mass is 16.7. The van der Waals surface area contributed by atoms with Gasteiger partial charge < -0.3 is 14.4 Å². The quantitative estimate of drug-likeness (QED) is 0.765. The van der Waals surface area contributed by atoms with Crippen molar-refractivity contribution in [3.05, 3.63) is 53.1 Å². The summed E-state index contributed by atoms with van der Waals surface area (Å²) in [6.07, 6.45) is 1.88. The van der Waals surface area contributed by atoms with Crippen molar-refractivity contribution >= 4 is 11.6 Å².